The van der Waals surface area contributed by atoms with E-state index in [1.165, 1.54) is 0 Å². The fraction of sp³-hybridized carbons (Fsp3) is 0.105. The highest BCUT2D eigenvalue weighted by Crippen LogP contribution is 2.31. The van der Waals surface area contributed by atoms with Gasteiger partial charge < -0.3 is 5.32 Å². The van der Waals surface area contributed by atoms with Gasteiger partial charge in [0.15, 0.2) is 11.6 Å². The van der Waals surface area contributed by atoms with Gasteiger partial charge in [-0.1, -0.05) is 12.1 Å². The van der Waals surface area contributed by atoms with Crippen LogP contribution < -0.4 is 5.32 Å². The lowest BCUT2D eigenvalue weighted by molar-refractivity contribution is 0.619. The fourth-order valence-electron chi connectivity index (χ4n) is 2.62. The van der Waals surface area contributed by atoms with Crippen molar-refractivity contribution in [3.8, 4) is 17.2 Å². The molecule has 0 aliphatic heterocycles. The minimum Gasteiger partial charge on any atom is -0.337 e. The van der Waals surface area contributed by atoms with Crippen LogP contribution in [0.4, 0.5) is 15.9 Å². The minimum atomic E-state index is -0.570. The second kappa shape index (κ2) is 6.88. The zero-order valence-corrected chi connectivity index (χ0v) is 14.4. The van der Waals surface area contributed by atoms with Crippen LogP contribution >= 0.6 is 11.6 Å². The lowest BCUT2D eigenvalue weighted by Crippen LogP contribution is -2.02. The van der Waals surface area contributed by atoms with Gasteiger partial charge in [0.1, 0.15) is 0 Å². The first kappa shape index (κ1) is 16.9. The van der Waals surface area contributed by atoms with Crippen LogP contribution in [-0.2, 0) is 0 Å². The summed E-state index contributed by atoms with van der Waals surface area (Å²) in [4.78, 5) is 7.50. The molecule has 3 aromatic rings. The smallest absolute Gasteiger partial charge is 0.224 e. The third kappa shape index (κ3) is 3.59. The van der Waals surface area contributed by atoms with Gasteiger partial charge >= 0.3 is 0 Å². The SMILES string of the molecule is Cc1cc(-c2ccc(C#N)cc2)cc(C)c1Nc1nc(Cl)ncc1F. The number of hydrogen-bond donors (Lipinski definition) is 1. The molecule has 4 nitrogen and oxygen atoms in total. The first-order valence-electron chi connectivity index (χ1n) is 7.55. The van der Waals surface area contributed by atoms with Crippen LogP contribution in [0.1, 0.15) is 16.7 Å². The summed E-state index contributed by atoms with van der Waals surface area (Å²) >= 11 is 5.74. The van der Waals surface area contributed by atoms with Gasteiger partial charge in [-0.25, -0.2) is 9.37 Å². The van der Waals surface area contributed by atoms with Crippen LogP contribution in [0.3, 0.4) is 0 Å². The number of hydrogen-bond acceptors (Lipinski definition) is 4. The van der Waals surface area contributed by atoms with E-state index in [-0.39, 0.29) is 11.1 Å². The molecule has 2 aromatic carbocycles. The first-order chi connectivity index (χ1) is 12.0. The zero-order valence-electron chi connectivity index (χ0n) is 13.6. The van der Waals surface area contributed by atoms with Crippen LogP contribution in [0.5, 0.6) is 0 Å². The number of halogens is 2. The Morgan fingerprint density at radius 3 is 2.32 bits per heavy atom. The van der Waals surface area contributed by atoms with Gasteiger partial charge in [-0.05, 0) is 72.0 Å². The fourth-order valence-corrected chi connectivity index (χ4v) is 2.75. The molecule has 3 rings (SSSR count). The molecule has 0 aliphatic rings. The molecule has 0 saturated carbocycles. The van der Waals surface area contributed by atoms with E-state index < -0.39 is 5.82 Å². The van der Waals surface area contributed by atoms with E-state index in [9.17, 15) is 4.39 Å². The molecular weight excluding hydrogens is 339 g/mol. The predicted octanol–water partition coefficient (Wildman–Crippen LogP) is 5.17. The molecule has 0 fully saturated rings. The summed E-state index contributed by atoms with van der Waals surface area (Å²) in [6, 6.07) is 13.5. The van der Waals surface area contributed by atoms with Crippen molar-refractivity contribution in [2.75, 3.05) is 5.32 Å². The monoisotopic (exact) mass is 352 g/mol. The molecule has 0 amide bonds. The number of nitrogens with zero attached hydrogens (tertiary/aromatic N) is 3. The summed E-state index contributed by atoms with van der Waals surface area (Å²) in [7, 11) is 0. The van der Waals surface area contributed by atoms with Crippen molar-refractivity contribution >= 4 is 23.1 Å². The summed E-state index contributed by atoms with van der Waals surface area (Å²) < 4.78 is 13.9. The molecular formula is C19H14ClFN4. The maximum atomic E-state index is 13.9. The van der Waals surface area contributed by atoms with Crippen molar-refractivity contribution in [3.63, 3.8) is 0 Å². The molecule has 25 heavy (non-hydrogen) atoms. The molecule has 0 unspecified atom stereocenters. The quantitative estimate of drug-likeness (QED) is 0.661. The van der Waals surface area contributed by atoms with Gasteiger partial charge in [-0.15, -0.1) is 0 Å². The lowest BCUT2D eigenvalue weighted by atomic mass is 9.98. The summed E-state index contributed by atoms with van der Waals surface area (Å²) in [5, 5.41) is 11.9. The molecule has 0 saturated heterocycles. The second-order valence-corrected chi connectivity index (χ2v) is 5.97. The number of aryl methyl sites for hydroxylation is 2. The molecule has 0 radical (unpaired) electrons. The van der Waals surface area contributed by atoms with Crippen molar-refractivity contribution in [1.29, 1.82) is 5.26 Å². The second-order valence-electron chi connectivity index (χ2n) is 5.63. The zero-order chi connectivity index (χ0) is 18.0. The maximum absolute atomic E-state index is 13.9. The molecule has 1 heterocycles. The Labute approximate surface area is 149 Å². The number of rotatable bonds is 3. The summed E-state index contributed by atoms with van der Waals surface area (Å²) in [6.07, 6.45) is 1.04. The normalized spacial score (nSPS) is 10.4. The summed E-state index contributed by atoms with van der Waals surface area (Å²) in [5.74, 6) is -0.531. The van der Waals surface area contributed by atoms with Gasteiger partial charge in [-0.2, -0.15) is 10.2 Å². The number of aromatic nitrogens is 2. The topological polar surface area (TPSA) is 61.6 Å². The third-order valence-electron chi connectivity index (χ3n) is 3.84. The predicted molar refractivity (Wildman–Crippen MR) is 96.3 cm³/mol. The van der Waals surface area contributed by atoms with Crippen LogP contribution in [-0.4, -0.2) is 9.97 Å². The molecule has 124 valence electrons. The van der Waals surface area contributed by atoms with E-state index in [4.69, 9.17) is 16.9 Å². The largest absolute Gasteiger partial charge is 0.337 e. The Kier molecular flexibility index (Phi) is 4.64. The van der Waals surface area contributed by atoms with E-state index in [0.29, 0.717) is 5.56 Å². The number of benzene rings is 2. The molecule has 0 aliphatic carbocycles. The average Bonchev–Trinajstić information content (AvgIpc) is 2.61. The Hall–Kier alpha value is -2.97. The summed E-state index contributed by atoms with van der Waals surface area (Å²) in [5.41, 5.74) is 5.29. The van der Waals surface area contributed by atoms with Gasteiger partial charge in [0.05, 0.1) is 17.8 Å². The number of anilines is 2. The van der Waals surface area contributed by atoms with E-state index in [0.717, 1.165) is 34.1 Å². The van der Waals surface area contributed by atoms with Gasteiger partial charge in [-0.3, -0.25) is 0 Å². The molecule has 0 atom stereocenters. The Morgan fingerprint density at radius 1 is 1.08 bits per heavy atom. The molecule has 0 spiro atoms. The van der Waals surface area contributed by atoms with Crippen molar-refractivity contribution < 1.29 is 4.39 Å². The van der Waals surface area contributed by atoms with Crippen molar-refractivity contribution in [3.05, 3.63) is 70.4 Å². The number of nitriles is 1. The molecule has 0 bridgehead atoms. The highest BCUT2D eigenvalue weighted by molar-refractivity contribution is 6.28. The van der Waals surface area contributed by atoms with Gasteiger partial charge in [0.25, 0.3) is 0 Å². The van der Waals surface area contributed by atoms with Crippen LogP contribution in [0, 0.1) is 31.0 Å². The van der Waals surface area contributed by atoms with Crippen molar-refractivity contribution in [2.45, 2.75) is 13.8 Å². The molecule has 1 N–H and O–H groups in total. The molecule has 6 heteroatoms. The Bertz CT molecular complexity index is 955. The van der Waals surface area contributed by atoms with Crippen LogP contribution in [0.2, 0.25) is 5.28 Å². The average molecular weight is 353 g/mol. The van der Waals surface area contributed by atoms with Gasteiger partial charge in [0.2, 0.25) is 5.28 Å². The van der Waals surface area contributed by atoms with E-state index in [1.807, 2.05) is 38.1 Å². The Balaban J connectivity index is 1.97. The maximum Gasteiger partial charge on any atom is 0.224 e. The first-order valence-corrected chi connectivity index (χ1v) is 7.92. The molecule has 1 aromatic heterocycles. The van der Waals surface area contributed by atoms with E-state index >= 15 is 0 Å². The minimum absolute atomic E-state index is 0.0200. The summed E-state index contributed by atoms with van der Waals surface area (Å²) in [6.45, 7) is 3.87. The van der Waals surface area contributed by atoms with Crippen LogP contribution in [0.15, 0.2) is 42.6 Å². The van der Waals surface area contributed by atoms with Crippen molar-refractivity contribution in [1.82, 2.24) is 9.97 Å². The van der Waals surface area contributed by atoms with Crippen molar-refractivity contribution in [2.24, 2.45) is 0 Å². The number of nitrogens with one attached hydrogen (secondary N) is 1. The Morgan fingerprint density at radius 2 is 1.72 bits per heavy atom. The van der Waals surface area contributed by atoms with Crippen LogP contribution in [0.25, 0.3) is 11.1 Å². The van der Waals surface area contributed by atoms with Gasteiger partial charge in [0, 0.05) is 5.69 Å². The highest BCUT2D eigenvalue weighted by Gasteiger charge is 2.11. The highest BCUT2D eigenvalue weighted by atomic mass is 35.5. The lowest BCUT2D eigenvalue weighted by Gasteiger charge is -2.15. The van der Waals surface area contributed by atoms with E-state index in [2.05, 4.69) is 21.4 Å². The van der Waals surface area contributed by atoms with E-state index in [1.54, 1.807) is 12.1 Å². The third-order valence-corrected chi connectivity index (χ3v) is 4.02. The standard InChI is InChI=1S/C19H14ClFN4/c1-11-7-15(14-5-3-13(9-22)4-6-14)8-12(2)17(11)24-18-16(21)10-23-19(20)25-18/h3-8,10H,1-2H3,(H,23,24,25).